The van der Waals surface area contributed by atoms with Crippen molar-refractivity contribution < 1.29 is 33.0 Å². The number of benzene rings is 1. The normalized spacial score (nSPS) is 25.9. The smallest absolute Gasteiger partial charge is 0.388 e. The van der Waals surface area contributed by atoms with Gasteiger partial charge in [-0.2, -0.15) is 13.2 Å². The highest BCUT2D eigenvalue weighted by Gasteiger charge is 2.44. The molecular formula is C28H35F3N4O4. The Morgan fingerprint density at radius 1 is 1.10 bits per heavy atom. The number of rotatable bonds is 7. The maximum atomic E-state index is 13.1. The minimum absolute atomic E-state index is 0.101. The molecule has 0 radical (unpaired) electrons. The average molecular weight is 549 g/mol. The maximum absolute atomic E-state index is 13.1. The lowest BCUT2D eigenvalue weighted by Gasteiger charge is -2.37. The van der Waals surface area contributed by atoms with Gasteiger partial charge in [-0.15, -0.1) is 0 Å². The molecule has 1 unspecified atom stereocenters. The summed E-state index contributed by atoms with van der Waals surface area (Å²) in [5, 5.41) is 27.8. The number of aliphatic hydroxyl groups is 2. The van der Waals surface area contributed by atoms with Gasteiger partial charge in [-0.1, -0.05) is 12.1 Å². The SMILES string of the molecule is CC(C)(O)[C@@H]1CC(NC2CCC(O)(c3ccccn3)CC2)CN1C(=O)CNC(=O)c1cccc(C(F)(F)F)c1. The van der Waals surface area contributed by atoms with E-state index < -0.39 is 47.3 Å². The minimum atomic E-state index is -4.58. The van der Waals surface area contributed by atoms with Crippen LogP contribution in [0.1, 0.15) is 67.6 Å². The number of pyridine rings is 1. The monoisotopic (exact) mass is 548 g/mol. The first-order chi connectivity index (χ1) is 18.3. The lowest BCUT2D eigenvalue weighted by atomic mass is 9.79. The molecule has 2 aromatic rings. The zero-order valence-electron chi connectivity index (χ0n) is 22.0. The summed E-state index contributed by atoms with van der Waals surface area (Å²) in [6.07, 6.45) is 0.119. The lowest BCUT2D eigenvalue weighted by molar-refractivity contribution is -0.137. The standard InChI is InChI=1S/C28H35F3N4O4/c1-26(2,38)23-15-21(34-20-9-11-27(39,12-10-20)22-8-3-4-13-32-22)17-35(23)24(36)16-33-25(37)18-6-5-7-19(14-18)28(29,30)31/h3-8,13-14,20-21,23,34,38-39H,9-12,15-17H2,1-2H3,(H,33,37)/t20?,21?,23-,27?/m0/s1. The third-order valence-electron chi connectivity index (χ3n) is 7.71. The topological polar surface area (TPSA) is 115 Å². The summed E-state index contributed by atoms with van der Waals surface area (Å²) in [5.74, 6) is -1.22. The number of halogens is 3. The molecule has 1 aromatic carbocycles. The van der Waals surface area contributed by atoms with Gasteiger partial charge in [0.2, 0.25) is 5.91 Å². The largest absolute Gasteiger partial charge is 0.416 e. The van der Waals surface area contributed by atoms with Crippen LogP contribution in [-0.4, -0.2) is 68.7 Å². The van der Waals surface area contributed by atoms with Crippen LogP contribution in [0, 0.1) is 0 Å². The van der Waals surface area contributed by atoms with Gasteiger partial charge in [-0.3, -0.25) is 14.6 Å². The van der Waals surface area contributed by atoms with E-state index in [0.29, 0.717) is 31.5 Å². The lowest BCUT2D eigenvalue weighted by Crippen LogP contribution is -2.51. The number of nitrogens with one attached hydrogen (secondary N) is 2. The van der Waals surface area contributed by atoms with Crippen LogP contribution in [0.2, 0.25) is 0 Å². The van der Waals surface area contributed by atoms with E-state index in [1.165, 1.54) is 11.0 Å². The number of amides is 2. The van der Waals surface area contributed by atoms with Crippen molar-refractivity contribution >= 4 is 11.8 Å². The molecule has 1 aliphatic heterocycles. The molecule has 1 saturated heterocycles. The Bertz CT molecular complexity index is 1160. The van der Waals surface area contributed by atoms with Crippen LogP contribution in [-0.2, 0) is 16.6 Å². The third kappa shape index (κ3) is 6.95. The predicted molar refractivity (Wildman–Crippen MR) is 138 cm³/mol. The highest BCUT2D eigenvalue weighted by Crippen LogP contribution is 2.37. The van der Waals surface area contributed by atoms with Gasteiger partial charge in [0.05, 0.1) is 29.4 Å². The van der Waals surface area contributed by atoms with Gasteiger partial charge in [-0.25, -0.2) is 0 Å². The molecule has 0 spiro atoms. The number of hydrogen-bond acceptors (Lipinski definition) is 6. The second-order valence-electron chi connectivity index (χ2n) is 11.1. The molecule has 1 aromatic heterocycles. The van der Waals surface area contributed by atoms with Gasteiger partial charge < -0.3 is 25.7 Å². The Balaban J connectivity index is 1.34. The maximum Gasteiger partial charge on any atom is 0.416 e. The fourth-order valence-corrected chi connectivity index (χ4v) is 5.59. The number of alkyl halides is 3. The summed E-state index contributed by atoms with van der Waals surface area (Å²) in [6, 6.07) is 9.01. The molecule has 39 heavy (non-hydrogen) atoms. The summed E-state index contributed by atoms with van der Waals surface area (Å²) in [5.41, 5.74) is -2.65. The molecule has 212 valence electrons. The molecule has 4 rings (SSSR count). The van der Waals surface area contributed by atoms with Crippen molar-refractivity contribution in [3.05, 3.63) is 65.5 Å². The summed E-state index contributed by atoms with van der Waals surface area (Å²) in [7, 11) is 0. The highest BCUT2D eigenvalue weighted by atomic mass is 19.4. The first kappa shape index (κ1) is 29.0. The number of hydrogen-bond donors (Lipinski definition) is 4. The molecule has 2 heterocycles. The molecule has 1 aliphatic carbocycles. The van der Waals surface area contributed by atoms with Crippen molar-refractivity contribution in [2.75, 3.05) is 13.1 Å². The van der Waals surface area contributed by atoms with Gasteiger partial charge in [0.15, 0.2) is 0 Å². The molecule has 0 bridgehead atoms. The zero-order chi connectivity index (χ0) is 28.4. The van der Waals surface area contributed by atoms with Gasteiger partial charge >= 0.3 is 6.18 Å². The fourth-order valence-electron chi connectivity index (χ4n) is 5.59. The average Bonchev–Trinajstić information content (AvgIpc) is 3.33. The number of carbonyl (C=O) groups is 2. The van der Waals surface area contributed by atoms with Crippen LogP contribution in [0.25, 0.3) is 0 Å². The van der Waals surface area contributed by atoms with Crippen LogP contribution >= 0.6 is 0 Å². The minimum Gasteiger partial charge on any atom is -0.388 e. The summed E-state index contributed by atoms with van der Waals surface area (Å²) < 4.78 is 39.0. The molecule has 4 N–H and O–H groups in total. The van der Waals surface area contributed by atoms with Crippen molar-refractivity contribution in [1.82, 2.24) is 20.5 Å². The van der Waals surface area contributed by atoms with E-state index in [4.69, 9.17) is 0 Å². The van der Waals surface area contributed by atoms with E-state index in [-0.39, 0.29) is 17.6 Å². The Morgan fingerprint density at radius 2 is 1.82 bits per heavy atom. The number of nitrogens with zero attached hydrogens (tertiary/aromatic N) is 2. The number of carbonyl (C=O) groups excluding carboxylic acids is 2. The van der Waals surface area contributed by atoms with Crippen molar-refractivity contribution in [2.24, 2.45) is 0 Å². The summed E-state index contributed by atoms with van der Waals surface area (Å²) in [4.78, 5) is 31.4. The summed E-state index contributed by atoms with van der Waals surface area (Å²) >= 11 is 0. The van der Waals surface area contributed by atoms with Gasteiger partial charge in [-0.05, 0) is 76.3 Å². The Labute approximate surface area is 225 Å². The van der Waals surface area contributed by atoms with E-state index in [1.54, 1.807) is 20.0 Å². The van der Waals surface area contributed by atoms with Crippen molar-refractivity contribution in [3.63, 3.8) is 0 Å². The van der Waals surface area contributed by atoms with E-state index in [9.17, 15) is 33.0 Å². The number of aromatic nitrogens is 1. The molecule has 11 heteroatoms. The van der Waals surface area contributed by atoms with Crippen LogP contribution in [0.5, 0.6) is 0 Å². The molecule has 2 atom stereocenters. The van der Waals surface area contributed by atoms with Crippen LogP contribution in [0.3, 0.4) is 0 Å². The van der Waals surface area contributed by atoms with E-state index >= 15 is 0 Å². The van der Waals surface area contributed by atoms with Gasteiger partial charge in [0.25, 0.3) is 5.91 Å². The predicted octanol–water partition coefficient (Wildman–Crippen LogP) is 2.99. The highest BCUT2D eigenvalue weighted by molar-refractivity contribution is 5.96. The first-order valence-corrected chi connectivity index (χ1v) is 13.1. The van der Waals surface area contributed by atoms with E-state index in [2.05, 4.69) is 15.6 Å². The first-order valence-electron chi connectivity index (χ1n) is 13.1. The molecule has 2 amide bonds. The zero-order valence-corrected chi connectivity index (χ0v) is 22.0. The molecule has 2 aliphatic rings. The quantitative estimate of drug-likeness (QED) is 0.423. The van der Waals surface area contributed by atoms with Gasteiger partial charge in [0.1, 0.15) is 5.60 Å². The van der Waals surface area contributed by atoms with Crippen LogP contribution in [0.4, 0.5) is 13.2 Å². The second kappa shape index (κ2) is 11.2. The Kier molecular flexibility index (Phi) is 8.34. The van der Waals surface area contributed by atoms with Crippen LogP contribution < -0.4 is 10.6 Å². The van der Waals surface area contributed by atoms with Crippen molar-refractivity contribution in [2.45, 2.75) is 81.5 Å². The fraction of sp³-hybridized carbons (Fsp3) is 0.536. The third-order valence-corrected chi connectivity index (χ3v) is 7.71. The Morgan fingerprint density at radius 3 is 2.44 bits per heavy atom. The van der Waals surface area contributed by atoms with Crippen molar-refractivity contribution in [1.29, 1.82) is 0 Å². The molecule has 8 nitrogen and oxygen atoms in total. The molecule has 1 saturated carbocycles. The van der Waals surface area contributed by atoms with Crippen LogP contribution in [0.15, 0.2) is 48.7 Å². The molecular weight excluding hydrogens is 513 g/mol. The number of likely N-dealkylation sites (tertiary alicyclic amines) is 1. The Hall–Kier alpha value is -3.02. The second-order valence-corrected chi connectivity index (χ2v) is 11.1. The van der Waals surface area contributed by atoms with Gasteiger partial charge in [0, 0.05) is 30.4 Å². The van der Waals surface area contributed by atoms with E-state index in [1.807, 2.05) is 18.2 Å². The summed E-state index contributed by atoms with van der Waals surface area (Å²) in [6.45, 7) is 3.15. The van der Waals surface area contributed by atoms with E-state index in [0.717, 1.165) is 31.0 Å². The molecule has 2 fully saturated rings. The van der Waals surface area contributed by atoms with Crippen molar-refractivity contribution in [3.8, 4) is 0 Å².